The summed E-state index contributed by atoms with van der Waals surface area (Å²) < 4.78 is 0. The predicted molar refractivity (Wildman–Crippen MR) is 147 cm³/mol. The van der Waals surface area contributed by atoms with Gasteiger partial charge in [-0.15, -0.1) is 11.3 Å². The van der Waals surface area contributed by atoms with Gasteiger partial charge in [0.15, 0.2) is 0 Å². The first-order valence-electron chi connectivity index (χ1n) is 13.9. The topological polar surface area (TPSA) is 73.6 Å². The minimum absolute atomic E-state index is 0.157. The molecular weight excluding hydrogens is 466 g/mol. The molecule has 5 rings (SSSR count). The fraction of sp³-hybridized carbons (Fsp3) is 0.645. The second-order valence-corrected chi connectivity index (χ2v) is 13.5. The number of aryl methyl sites for hydroxylation is 1. The van der Waals surface area contributed by atoms with Crippen LogP contribution >= 0.6 is 11.3 Å². The van der Waals surface area contributed by atoms with Crippen molar-refractivity contribution in [3.05, 3.63) is 63.7 Å². The monoisotopic (exact) mass is 509 g/mol. The van der Waals surface area contributed by atoms with Crippen molar-refractivity contribution in [3.63, 3.8) is 0 Å². The zero-order valence-electron chi connectivity index (χ0n) is 22.1. The Morgan fingerprint density at radius 3 is 2.64 bits per heavy atom. The van der Waals surface area contributed by atoms with Gasteiger partial charge in [0, 0.05) is 17.5 Å². The van der Waals surface area contributed by atoms with Crippen LogP contribution in [0, 0.1) is 30.1 Å². The molecule has 4 nitrogen and oxygen atoms in total. The highest BCUT2D eigenvalue weighted by Gasteiger charge is 2.53. The number of aromatic nitrogens is 1. The van der Waals surface area contributed by atoms with Gasteiger partial charge in [-0.3, -0.25) is 0 Å². The number of fused-ring (bicyclic) bond motifs is 1. The molecule has 0 radical (unpaired) electrons. The minimum Gasteiger partial charge on any atom is -0.393 e. The summed E-state index contributed by atoms with van der Waals surface area (Å²) in [6, 6.07) is 0. The first-order valence-corrected chi connectivity index (χ1v) is 14.7. The van der Waals surface area contributed by atoms with E-state index in [1.54, 1.807) is 11.3 Å². The molecule has 1 aromatic rings. The lowest BCUT2D eigenvalue weighted by molar-refractivity contribution is 0.0862. The van der Waals surface area contributed by atoms with Gasteiger partial charge in [0.1, 0.15) is 5.01 Å². The molecule has 0 bridgehead atoms. The van der Waals surface area contributed by atoms with Crippen LogP contribution in [-0.2, 0) is 5.41 Å². The minimum atomic E-state index is -0.636. The normalized spacial score (nSPS) is 38.0. The van der Waals surface area contributed by atoms with E-state index in [0.717, 1.165) is 35.4 Å². The van der Waals surface area contributed by atoms with E-state index in [0.29, 0.717) is 30.6 Å². The van der Waals surface area contributed by atoms with Gasteiger partial charge in [-0.25, -0.2) is 4.98 Å². The molecule has 1 aromatic heterocycles. The number of aliphatic hydroxyl groups is 3. The number of nitrogens with zero attached hydrogens (tertiary/aromatic N) is 1. The lowest BCUT2D eigenvalue weighted by Crippen LogP contribution is -2.35. The molecule has 4 fully saturated rings. The average Bonchev–Trinajstić information content (AvgIpc) is 3.41. The summed E-state index contributed by atoms with van der Waals surface area (Å²) in [5, 5.41) is 32.5. The molecule has 3 N–H and O–H groups in total. The zero-order valence-corrected chi connectivity index (χ0v) is 22.9. The van der Waals surface area contributed by atoms with Crippen LogP contribution in [0.1, 0.15) is 81.5 Å². The summed E-state index contributed by atoms with van der Waals surface area (Å²) >= 11 is 1.73. The Labute approximate surface area is 220 Å². The quantitative estimate of drug-likeness (QED) is 0.401. The summed E-state index contributed by atoms with van der Waals surface area (Å²) in [7, 11) is 0. The van der Waals surface area contributed by atoms with Gasteiger partial charge >= 0.3 is 0 Å². The highest BCUT2D eigenvalue weighted by Crippen LogP contribution is 2.60. The van der Waals surface area contributed by atoms with Crippen molar-refractivity contribution in [2.24, 2.45) is 23.2 Å². The fourth-order valence-electron chi connectivity index (χ4n) is 7.56. The fourth-order valence-corrected chi connectivity index (χ4v) is 8.61. The average molecular weight is 510 g/mol. The Kier molecular flexibility index (Phi) is 7.23. The molecule has 4 aliphatic rings. The number of allylic oxidation sites excluding steroid dienone is 4. The van der Waals surface area contributed by atoms with E-state index < -0.39 is 18.3 Å². The highest BCUT2D eigenvalue weighted by molar-refractivity contribution is 7.11. The van der Waals surface area contributed by atoms with Crippen LogP contribution in [0.15, 0.2) is 53.8 Å². The molecule has 0 amide bonds. The van der Waals surface area contributed by atoms with Gasteiger partial charge in [0.05, 0.1) is 23.7 Å². The maximum absolute atomic E-state index is 11.1. The van der Waals surface area contributed by atoms with Crippen LogP contribution in [0.25, 0.3) is 0 Å². The van der Waals surface area contributed by atoms with Crippen LogP contribution in [0.5, 0.6) is 0 Å². The van der Waals surface area contributed by atoms with Crippen LogP contribution in [-0.4, -0.2) is 38.6 Å². The van der Waals surface area contributed by atoms with E-state index >= 15 is 0 Å². The lowest BCUT2D eigenvalue weighted by Gasteiger charge is -2.44. The van der Waals surface area contributed by atoms with E-state index in [-0.39, 0.29) is 10.8 Å². The third-order valence-electron chi connectivity index (χ3n) is 9.94. The first kappa shape index (κ1) is 26.1. The van der Waals surface area contributed by atoms with Gasteiger partial charge in [-0.05, 0) is 92.6 Å². The van der Waals surface area contributed by atoms with Gasteiger partial charge in [-0.2, -0.15) is 0 Å². The van der Waals surface area contributed by atoms with Crippen molar-refractivity contribution in [2.45, 2.75) is 102 Å². The van der Waals surface area contributed by atoms with Crippen molar-refractivity contribution >= 4 is 11.3 Å². The number of thiazole rings is 1. The SMILES string of the molecule is C=C1/C(=C\C=C2/CCC[C@]3(C)[C@@H]([C@H](C)/C=C/[C@H](O)C4(c5ncc(C)s5)CC4)CC[C@@H]23)C[C@@H](O)C[C@@H]1O. The predicted octanol–water partition coefficient (Wildman–Crippen LogP) is 6.18. The van der Waals surface area contributed by atoms with E-state index in [2.05, 4.69) is 56.6 Å². The third kappa shape index (κ3) is 4.73. The smallest absolute Gasteiger partial charge is 0.102 e. The van der Waals surface area contributed by atoms with Crippen molar-refractivity contribution in [1.29, 1.82) is 0 Å². The summed E-state index contributed by atoms with van der Waals surface area (Å²) in [6.07, 6.45) is 18.1. The molecular formula is C31H43NO3S. The molecule has 4 aliphatic carbocycles. The van der Waals surface area contributed by atoms with Gasteiger partial charge in [-0.1, -0.05) is 50.3 Å². The molecule has 0 aromatic carbocycles. The van der Waals surface area contributed by atoms with Gasteiger partial charge < -0.3 is 15.3 Å². The first-order chi connectivity index (χ1) is 17.1. The Hall–Kier alpha value is -1.53. The van der Waals surface area contributed by atoms with E-state index in [9.17, 15) is 15.3 Å². The molecule has 0 unspecified atom stereocenters. The van der Waals surface area contributed by atoms with E-state index in [4.69, 9.17) is 0 Å². The molecule has 4 saturated carbocycles. The molecule has 196 valence electrons. The van der Waals surface area contributed by atoms with Crippen molar-refractivity contribution in [2.75, 3.05) is 0 Å². The molecule has 0 saturated heterocycles. The van der Waals surface area contributed by atoms with Gasteiger partial charge in [0.25, 0.3) is 0 Å². The molecule has 1 heterocycles. The number of hydrogen-bond acceptors (Lipinski definition) is 5. The Bertz CT molecular complexity index is 1080. The molecule has 5 heteroatoms. The Balaban J connectivity index is 1.29. The summed E-state index contributed by atoms with van der Waals surface area (Å²) in [4.78, 5) is 5.80. The second-order valence-electron chi connectivity index (χ2n) is 12.3. The Morgan fingerprint density at radius 1 is 1.17 bits per heavy atom. The van der Waals surface area contributed by atoms with Crippen molar-refractivity contribution < 1.29 is 15.3 Å². The second kappa shape index (κ2) is 9.98. The molecule has 36 heavy (non-hydrogen) atoms. The summed E-state index contributed by atoms with van der Waals surface area (Å²) in [6.45, 7) is 11.0. The van der Waals surface area contributed by atoms with Crippen LogP contribution in [0.4, 0.5) is 0 Å². The number of rotatable bonds is 6. The number of hydrogen-bond donors (Lipinski definition) is 3. The van der Waals surface area contributed by atoms with Crippen molar-refractivity contribution in [3.8, 4) is 0 Å². The van der Waals surface area contributed by atoms with Crippen LogP contribution < -0.4 is 0 Å². The standard InChI is InChI=1S/C31H43NO3S/c1-19(7-12-28(35)31(14-15-31)29-32-18-20(2)36-29)25-10-11-26-22(6-5-13-30(25,26)4)8-9-23-16-24(33)17-27(34)21(23)3/h7-9,12,18-19,24-28,33-35H,3,5-6,10-11,13-17H2,1-2,4H3/b12-7+,22-8+,23-9-/t19-,24-,25-,26+,27+,28+,30-/m1/s1. The van der Waals surface area contributed by atoms with E-state index in [1.807, 2.05) is 6.20 Å². The highest BCUT2D eigenvalue weighted by atomic mass is 32.1. The molecule has 0 aliphatic heterocycles. The molecule has 7 atom stereocenters. The molecule has 0 spiro atoms. The van der Waals surface area contributed by atoms with Crippen LogP contribution in [0.3, 0.4) is 0 Å². The van der Waals surface area contributed by atoms with Crippen molar-refractivity contribution in [1.82, 2.24) is 4.98 Å². The maximum atomic E-state index is 11.1. The lowest BCUT2D eigenvalue weighted by atomic mass is 9.61. The third-order valence-corrected chi connectivity index (χ3v) is 11.1. The summed E-state index contributed by atoms with van der Waals surface area (Å²) in [5.41, 5.74) is 3.39. The zero-order chi connectivity index (χ0) is 25.7. The van der Waals surface area contributed by atoms with E-state index in [1.165, 1.54) is 36.1 Å². The maximum Gasteiger partial charge on any atom is 0.102 e. The Morgan fingerprint density at radius 2 is 1.94 bits per heavy atom. The summed E-state index contributed by atoms with van der Waals surface area (Å²) in [5.74, 6) is 1.60. The van der Waals surface area contributed by atoms with Gasteiger partial charge in [0.2, 0.25) is 0 Å². The van der Waals surface area contributed by atoms with Crippen LogP contribution in [0.2, 0.25) is 0 Å². The number of aliphatic hydroxyl groups excluding tert-OH is 3. The largest absolute Gasteiger partial charge is 0.393 e.